The van der Waals surface area contributed by atoms with Crippen molar-refractivity contribution in [3.8, 4) is 0 Å². The Balaban J connectivity index is 0.000000741. The molecule has 2 aromatic rings. The van der Waals surface area contributed by atoms with Crippen LogP contribution in [0.1, 0.15) is 52.0 Å². The normalized spacial score (nSPS) is 24.4. The molecule has 3 heterocycles. The third-order valence-corrected chi connectivity index (χ3v) is 10.5. The second kappa shape index (κ2) is 11.7. The molecule has 218 valence electrons. The second-order valence-electron chi connectivity index (χ2n) is 12.4. The Morgan fingerprint density at radius 1 is 1.00 bits per heavy atom. The van der Waals surface area contributed by atoms with Crippen molar-refractivity contribution >= 4 is 27.6 Å². The van der Waals surface area contributed by atoms with Crippen molar-refractivity contribution in [2.45, 2.75) is 56.8 Å². The summed E-state index contributed by atoms with van der Waals surface area (Å²) in [5, 5.41) is 9.86. The predicted octanol–water partition coefficient (Wildman–Crippen LogP) is 4.83. The first-order chi connectivity index (χ1) is 19.1. The number of ether oxygens (including phenoxy) is 1. The molecule has 4 aliphatic rings. The molecule has 2 aliphatic heterocycles. The molecule has 2 unspecified atom stereocenters. The topological polar surface area (TPSA) is 103 Å². The molecule has 2 saturated heterocycles. The molecule has 6 rings (SSSR count). The molecule has 1 aromatic heterocycles. The fourth-order valence-electron chi connectivity index (χ4n) is 5.63. The number of amides is 1. The standard InChI is InChI=1S/C26H34N4O5S.C4H8/c1-26(2,3)18-4-7-20(8-5-18)36(33,34)29-15-21-22(16-29)23(21)17-30(25(31)32)19-6-9-24(27-14-19)28-10-12-35-13-11-28;1-2-4-3-1/h4-9,14,21-23H,10-13,15-17H2,1-3H3,(H,31,32);1-4H2. The molecule has 4 fully saturated rings. The number of carboxylic acid groups (broad SMARTS) is 1. The number of hydrogen-bond donors (Lipinski definition) is 1. The second-order valence-corrected chi connectivity index (χ2v) is 14.3. The molecule has 1 amide bonds. The van der Waals surface area contributed by atoms with E-state index in [1.54, 1.807) is 28.7 Å². The quantitative estimate of drug-likeness (QED) is 0.531. The summed E-state index contributed by atoms with van der Waals surface area (Å²) in [6.07, 6.45) is 6.58. The highest BCUT2D eigenvalue weighted by molar-refractivity contribution is 7.89. The van der Waals surface area contributed by atoms with E-state index in [1.165, 1.54) is 30.6 Å². The van der Waals surface area contributed by atoms with Crippen LogP contribution in [0.25, 0.3) is 0 Å². The van der Waals surface area contributed by atoms with Crippen LogP contribution in [0.15, 0.2) is 47.5 Å². The number of pyridine rings is 1. The van der Waals surface area contributed by atoms with E-state index in [4.69, 9.17) is 4.74 Å². The molecule has 0 spiro atoms. The van der Waals surface area contributed by atoms with E-state index in [0.29, 0.717) is 43.4 Å². The van der Waals surface area contributed by atoms with Gasteiger partial charge < -0.3 is 14.7 Å². The van der Waals surface area contributed by atoms with Gasteiger partial charge in [-0.3, -0.25) is 4.90 Å². The Morgan fingerprint density at radius 2 is 1.60 bits per heavy atom. The molecule has 40 heavy (non-hydrogen) atoms. The lowest BCUT2D eigenvalue weighted by atomic mass is 9.87. The van der Waals surface area contributed by atoms with Gasteiger partial charge in [-0.25, -0.2) is 18.2 Å². The van der Waals surface area contributed by atoms with Crippen LogP contribution in [0.2, 0.25) is 0 Å². The van der Waals surface area contributed by atoms with Crippen LogP contribution in [0.5, 0.6) is 0 Å². The van der Waals surface area contributed by atoms with Gasteiger partial charge in [0.15, 0.2) is 0 Å². The van der Waals surface area contributed by atoms with Gasteiger partial charge in [0.05, 0.1) is 30.0 Å². The highest BCUT2D eigenvalue weighted by atomic mass is 32.2. The minimum atomic E-state index is -3.56. The molecule has 2 saturated carbocycles. The van der Waals surface area contributed by atoms with Gasteiger partial charge in [-0.1, -0.05) is 58.6 Å². The fourth-order valence-corrected chi connectivity index (χ4v) is 7.14. The smallest absolute Gasteiger partial charge is 0.411 e. The molecular formula is C30H42N4O5S. The summed E-state index contributed by atoms with van der Waals surface area (Å²) in [7, 11) is -3.56. The van der Waals surface area contributed by atoms with Crippen LogP contribution in [0.3, 0.4) is 0 Å². The van der Waals surface area contributed by atoms with Crippen molar-refractivity contribution in [2.24, 2.45) is 17.8 Å². The number of rotatable bonds is 6. The van der Waals surface area contributed by atoms with Crippen molar-refractivity contribution in [1.29, 1.82) is 0 Å². The number of carbonyl (C=O) groups is 1. The predicted molar refractivity (Wildman–Crippen MR) is 155 cm³/mol. The van der Waals surface area contributed by atoms with Crippen LogP contribution in [-0.2, 0) is 20.2 Å². The number of piperidine rings is 1. The van der Waals surface area contributed by atoms with Crippen LogP contribution < -0.4 is 9.80 Å². The SMILES string of the molecule is C1CCC1.CC(C)(C)c1ccc(S(=O)(=O)N2CC3C(CN(C(=O)O)c4ccc(N5CCOCC5)nc4)C3C2)cc1. The van der Waals surface area contributed by atoms with E-state index in [-0.39, 0.29) is 23.2 Å². The lowest BCUT2D eigenvalue weighted by Gasteiger charge is -2.28. The molecule has 9 nitrogen and oxygen atoms in total. The zero-order valence-electron chi connectivity index (χ0n) is 23.8. The largest absolute Gasteiger partial charge is 0.465 e. The molecule has 2 aliphatic carbocycles. The van der Waals surface area contributed by atoms with Gasteiger partial charge in [-0.15, -0.1) is 0 Å². The van der Waals surface area contributed by atoms with Gasteiger partial charge in [0.1, 0.15) is 5.82 Å². The summed E-state index contributed by atoms with van der Waals surface area (Å²) in [5.41, 5.74) is 1.58. The van der Waals surface area contributed by atoms with Crippen LogP contribution in [0, 0.1) is 17.8 Å². The highest BCUT2D eigenvalue weighted by Crippen LogP contribution is 2.53. The zero-order valence-corrected chi connectivity index (χ0v) is 24.6. The van der Waals surface area contributed by atoms with Crippen LogP contribution >= 0.6 is 0 Å². The maximum Gasteiger partial charge on any atom is 0.411 e. The monoisotopic (exact) mass is 570 g/mol. The Labute approximate surface area is 238 Å². The zero-order chi connectivity index (χ0) is 28.5. The van der Waals surface area contributed by atoms with Crippen LogP contribution in [0.4, 0.5) is 16.3 Å². The third-order valence-electron chi connectivity index (χ3n) is 8.70. The van der Waals surface area contributed by atoms with Crippen molar-refractivity contribution < 1.29 is 23.1 Å². The van der Waals surface area contributed by atoms with Gasteiger partial charge >= 0.3 is 6.09 Å². The summed E-state index contributed by atoms with van der Waals surface area (Å²) < 4.78 is 33.3. The van der Waals surface area contributed by atoms with Gasteiger partial charge in [0, 0.05) is 32.7 Å². The van der Waals surface area contributed by atoms with E-state index < -0.39 is 16.1 Å². The number of fused-ring (bicyclic) bond motifs is 1. The van der Waals surface area contributed by atoms with Gasteiger partial charge in [0.2, 0.25) is 10.0 Å². The van der Waals surface area contributed by atoms with E-state index in [0.717, 1.165) is 24.5 Å². The average Bonchev–Trinajstić information content (AvgIpc) is 3.32. The molecule has 2 atom stereocenters. The number of morpholine rings is 1. The fraction of sp³-hybridized carbons (Fsp3) is 0.600. The van der Waals surface area contributed by atoms with E-state index >= 15 is 0 Å². The van der Waals surface area contributed by atoms with Crippen molar-refractivity contribution in [1.82, 2.24) is 9.29 Å². The first-order valence-electron chi connectivity index (χ1n) is 14.5. The third kappa shape index (κ3) is 6.29. The number of nitrogens with zero attached hydrogens (tertiary/aromatic N) is 4. The van der Waals surface area contributed by atoms with Crippen molar-refractivity contribution in [2.75, 3.05) is 55.7 Å². The lowest BCUT2D eigenvalue weighted by Crippen LogP contribution is -2.37. The van der Waals surface area contributed by atoms with E-state index in [9.17, 15) is 18.3 Å². The first-order valence-corrected chi connectivity index (χ1v) is 15.9. The summed E-state index contributed by atoms with van der Waals surface area (Å²) in [6, 6.07) is 10.8. The highest BCUT2D eigenvalue weighted by Gasteiger charge is 2.58. The van der Waals surface area contributed by atoms with E-state index in [1.807, 2.05) is 18.2 Å². The lowest BCUT2D eigenvalue weighted by molar-refractivity contribution is 0.122. The van der Waals surface area contributed by atoms with Gasteiger partial charge in [-0.05, 0) is 53.0 Å². The molecule has 1 N–H and O–H groups in total. The number of benzene rings is 1. The maximum absolute atomic E-state index is 13.2. The summed E-state index contributed by atoms with van der Waals surface area (Å²) in [4.78, 5) is 20.3. The summed E-state index contributed by atoms with van der Waals surface area (Å²) in [6.45, 7) is 10.3. The number of aromatic nitrogens is 1. The van der Waals surface area contributed by atoms with E-state index in [2.05, 4.69) is 30.7 Å². The average molecular weight is 571 g/mol. The minimum Gasteiger partial charge on any atom is -0.465 e. The summed E-state index contributed by atoms with van der Waals surface area (Å²) >= 11 is 0. The van der Waals surface area contributed by atoms with Gasteiger partial charge in [-0.2, -0.15) is 4.31 Å². The van der Waals surface area contributed by atoms with Gasteiger partial charge in [0.25, 0.3) is 0 Å². The number of anilines is 2. The van der Waals surface area contributed by atoms with Crippen molar-refractivity contribution in [3.05, 3.63) is 48.2 Å². The number of hydrogen-bond acceptors (Lipinski definition) is 6. The Hall–Kier alpha value is -2.69. The molecule has 1 aromatic carbocycles. The Bertz CT molecular complexity index is 1250. The molecule has 10 heteroatoms. The Morgan fingerprint density at radius 3 is 2.08 bits per heavy atom. The van der Waals surface area contributed by atoms with Crippen LogP contribution in [-0.4, -0.2) is 74.8 Å². The minimum absolute atomic E-state index is 0.0425. The molecule has 0 bridgehead atoms. The molecule has 0 radical (unpaired) electrons. The maximum atomic E-state index is 13.2. The number of sulfonamides is 1. The van der Waals surface area contributed by atoms with Crippen molar-refractivity contribution in [3.63, 3.8) is 0 Å². The first kappa shape index (κ1) is 28.8. The Kier molecular flexibility index (Phi) is 8.40. The molecular weight excluding hydrogens is 528 g/mol. The summed E-state index contributed by atoms with van der Waals surface area (Å²) in [5.74, 6) is 1.31.